The first-order valence-corrected chi connectivity index (χ1v) is 5.22. The van der Waals surface area contributed by atoms with Gasteiger partial charge < -0.3 is 4.42 Å². The van der Waals surface area contributed by atoms with E-state index in [9.17, 15) is 4.79 Å². The van der Waals surface area contributed by atoms with Crippen LogP contribution in [0, 0.1) is 0 Å². The molecule has 0 amide bonds. The summed E-state index contributed by atoms with van der Waals surface area (Å²) in [6, 6.07) is 7.02. The van der Waals surface area contributed by atoms with Crippen LogP contribution in [0.4, 0.5) is 0 Å². The fraction of sp³-hybridized carbons (Fsp3) is 0.0909. The quantitative estimate of drug-likeness (QED) is 0.802. The van der Waals surface area contributed by atoms with Crippen LogP contribution in [0.5, 0.6) is 0 Å². The second-order valence-corrected chi connectivity index (χ2v) is 3.96. The molecule has 76 valence electrons. The molecule has 15 heavy (non-hydrogen) atoms. The zero-order chi connectivity index (χ0) is 10.7. The lowest BCUT2D eigenvalue weighted by Gasteiger charge is -1.97. The predicted octanol–water partition coefficient (Wildman–Crippen LogP) is 2.86. The van der Waals surface area contributed by atoms with Crippen LogP contribution in [0.25, 0.3) is 0 Å². The standard InChI is InChI=1S/C11H8BrNO2/c12-8-3-4-9(13-7-8)6-10(14)11-2-1-5-15-11/h1-5,7H,6H2. The number of hydrogen-bond acceptors (Lipinski definition) is 3. The van der Waals surface area contributed by atoms with Crippen molar-refractivity contribution < 1.29 is 9.21 Å². The van der Waals surface area contributed by atoms with Crippen LogP contribution in [-0.4, -0.2) is 10.8 Å². The molecule has 0 unspecified atom stereocenters. The fourth-order valence-electron chi connectivity index (χ4n) is 1.20. The van der Waals surface area contributed by atoms with Gasteiger partial charge >= 0.3 is 0 Å². The number of furan rings is 1. The molecule has 0 aliphatic heterocycles. The Hall–Kier alpha value is -1.42. The van der Waals surface area contributed by atoms with Gasteiger partial charge in [-0.1, -0.05) is 0 Å². The van der Waals surface area contributed by atoms with E-state index in [1.165, 1.54) is 6.26 Å². The van der Waals surface area contributed by atoms with E-state index in [0.29, 0.717) is 5.76 Å². The summed E-state index contributed by atoms with van der Waals surface area (Å²) in [6.07, 6.45) is 3.42. The summed E-state index contributed by atoms with van der Waals surface area (Å²) in [4.78, 5) is 15.7. The topological polar surface area (TPSA) is 43.1 Å². The van der Waals surface area contributed by atoms with Gasteiger partial charge in [-0.05, 0) is 40.2 Å². The molecule has 0 atom stereocenters. The minimum atomic E-state index is -0.0603. The van der Waals surface area contributed by atoms with Crippen LogP contribution in [0.1, 0.15) is 16.2 Å². The smallest absolute Gasteiger partial charge is 0.203 e. The SMILES string of the molecule is O=C(Cc1ccc(Br)cn1)c1ccco1. The molecule has 0 N–H and O–H groups in total. The third-order valence-corrected chi connectivity index (χ3v) is 2.40. The number of aromatic nitrogens is 1. The number of pyridine rings is 1. The van der Waals surface area contributed by atoms with E-state index in [2.05, 4.69) is 20.9 Å². The van der Waals surface area contributed by atoms with Gasteiger partial charge in [0.25, 0.3) is 0 Å². The highest BCUT2D eigenvalue weighted by Crippen LogP contribution is 2.10. The van der Waals surface area contributed by atoms with Gasteiger partial charge in [-0.15, -0.1) is 0 Å². The molecule has 0 aliphatic rings. The van der Waals surface area contributed by atoms with Crippen molar-refractivity contribution in [1.29, 1.82) is 0 Å². The average molecular weight is 266 g/mol. The van der Waals surface area contributed by atoms with Crippen molar-refractivity contribution in [2.45, 2.75) is 6.42 Å². The Bertz CT molecular complexity index is 448. The Labute approximate surface area is 95.3 Å². The van der Waals surface area contributed by atoms with Gasteiger partial charge in [0.05, 0.1) is 12.7 Å². The van der Waals surface area contributed by atoms with E-state index in [0.717, 1.165) is 10.2 Å². The van der Waals surface area contributed by atoms with Gasteiger partial charge in [0.15, 0.2) is 5.76 Å². The van der Waals surface area contributed by atoms with Crippen molar-refractivity contribution in [2.75, 3.05) is 0 Å². The van der Waals surface area contributed by atoms with Crippen molar-refractivity contribution in [3.8, 4) is 0 Å². The molecule has 4 heteroatoms. The second kappa shape index (κ2) is 4.40. The number of nitrogens with zero attached hydrogens (tertiary/aromatic N) is 1. The number of hydrogen-bond donors (Lipinski definition) is 0. The van der Waals surface area contributed by atoms with Gasteiger partial charge in [0.1, 0.15) is 0 Å². The molecular formula is C11H8BrNO2. The minimum Gasteiger partial charge on any atom is -0.461 e. The lowest BCUT2D eigenvalue weighted by molar-refractivity contribution is 0.0965. The highest BCUT2D eigenvalue weighted by atomic mass is 79.9. The monoisotopic (exact) mass is 265 g/mol. The van der Waals surface area contributed by atoms with Gasteiger partial charge in [0, 0.05) is 16.4 Å². The number of ketones is 1. The molecule has 3 nitrogen and oxygen atoms in total. The van der Waals surface area contributed by atoms with E-state index in [1.807, 2.05) is 12.1 Å². The number of Topliss-reactive ketones (excluding diaryl/α,β-unsaturated/α-hetero) is 1. The van der Waals surface area contributed by atoms with Crippen molar-refractivity contribution in [3.63, 3.8) is 0 Å². The first-order valence-electron chi connectivity index (χ1n) is 4.43. The Balaban J connectivity index is 2.09. The summed E-state index contributed by atoms with van der Waals surface area (Å²) in [5.41, 5.74) is 0.736. The van der Waals surface area contributed by atoms with Gasteiger partial charge in [-0.25, -0.2) is 0 Å². The number of carbonyl (C=O) groups excluding carboxylic acids is 1. The third kappa shape index (κ3) is 2.53. The van der Waals surface area contributed by atoms with Crippen molar-refractivity contribution in [1.82, 2.24) is 4.98 Å². The van der Waals surface area contributed by atoms with E-state index in [1.54, 1.807) is 18.3 Å². The van der Waals surface area contributed by atoms with Crippen LogP contribution in [0.3, 0.4) is 0 Å². The molecule has 0 bridgehead atoms. The van der Waals surface area contributed by atoms with E-state index in [-0.39, 0.29) is 12.2 Å². The van der Waals surface area contributed by atoms with E-state index >= 15 is 0 Å². The maximum Gasteiger partial charge on any atom is 0.203 e. The van der Waals surface area contributed by atoms with Crippen LogP contribution in [0.2, 0.25) is 0 Å². The fourth-order valence-corrected chi connectivity index (χ4v) is 1.43. The first kappa shape index (κ1) is 10.1. The molecule has 0 saturated heterocycles. The Morgan fingerprint density at radius 1 is 1.40 bits per heavy atom. The Kier molecular flexibility index (Phi) is 2.97. The highest BCUT2D eigenvalue weighted by molar-refractivity contribution is 9.10. The maximum atomic E-state index is 11.6. The lowest BCUT2D eigenvalue weighted by atomic mass is 10.2. The largest absolute Gasteiger partial charge is 0.461 e. The predicted molar refractivity (Wildman–Crippen MR) is 58.7 cm³/mol. The molecule has 0 fully saturated rings. The Morgan fingerprint density at radius 3 is 2.87 bits per heavy atom. The van der Waals surface area contributed by atoms with E-state index < -0.39 is 0 Å². The molecular weight excluding hydrogens is 258 g/mol. The lowest BCUT2D eigenvalue weighted by Crippen LogP contribution is -2.03. The summed E-state index contributed by atoms with van der Waals surface area (Å²) in [7, 11) is 0. The van der Waals surface area contributed by atoms with Crippen LogP contribution < -0.4 is 0 Å². The maximum absolute atomic E-state index is 11.6. The van der Waals surface area contributed by atoms with Gasteiger partial charge in [-0.2, -0.15) is 0 Å². The molecule has 2 rings (SSSR count). The zero-order valence-corrected chi connectivity index (χ0v) is 9.40. The number of carbonyl (C=O) groups is 1. The third-order valence-electron chi connectivity index (χ3n) is 1.93. The summed E-state index contributed by atoms with van der Waals surface area (Å²) in [5, 5.41) is 0. The second-order valence-electron chi connectivity index (χ2n) is 3.05. The average Bonchev–Trinajstić information content (AvgIpc) is 2.74. The molecule has 0 saturated carbocycles. The van der Waals surface area contributed by atoms with Crippen LogP contribution >= 0.6 is 15.9 Å². The highest BCUT2D eigenvalue weighted by Gasteiger charge is 2.09. The summed E-state index contributed by atoms with van der Waals surface area (Å²) in [5.74, 6) is 0.314. The summed E-state index contributed by atoms with van der Waals surface area (Å²) >= 11 is 3.28. The zero-order valence-electron chi connectivity index (χ0n) is 7.81. The molecule has 0 aliphatic carbocycles. The van der Waals surface area contributed by atoms with E-state index in [4.69, 9.17) is 4.42 Å². The number of halogens is 1. The minimum absolute atomic E-state index is 0.0603. The van der Waals surface area contributed by atoms with Crippen molar-refractivity contribution in [2.24, 2.45) is 0 Å². The van der Waals surface area contributed by atoms with Crippen molar-refractivity contribution >= 4 is 21.7 Å². The first-order chi connectivity index (χ1) is 7.25. The molecule has 0 radical (unpaired) electrons. The van der Waals surface area contributed by atoms with Gasteiger partial charge in [-0.3, -0.25) is 9.78 Å². The van der Waals surface area contributed by atoms with Crippen LogP contribution in [0.15, 0.2) is 45.6 Å². The summed E-state index contributed by atoms with van der Waals surface area (Å²) in [6.45, 7) is 0. The van der Waals surface area contributed by atoms with Crippen LogP contribution in [-0.2, 0) is 6.42 Å². The molecule has 2 heterocycles. The molecule has 0 spiro atoms. The van der Waals surface area contributed by atoms with Gasteiger partial charge in [0.2, 0.25) is 5.78 Å². The molecule has 2 aromatic rings. The van der Waals surface area contributed by atoms with Crippen molar-refractivity contribution in [3.05, 3.63) is 52.7 Å². The summed E-state index contributed by atoms with van der Waals surface area (Å²) < 4.78 is 5.90. The Morgan fingerprint density at radius 2 is 2.27 bits per heavy atom. The molecule has 0 aromatic carbocycles. The number of rotatable bonds is 3. The normalized spacial score (nSPS) is 10.2. The molecule has 2 aromatic heterocycles.